The van der Waals surface area contributed by atoms with Crippen molar-refractivity contribution in [3.05, 3.63) is 23.8 Å². The smallest absolute Gasteiger partial charge is 0.236 e. The molecule has 0 saturated heterocycles. The third-order valence-corrected chi connectivity index (χ3v) is 2.56. The van der Waals surface area contributed by atoms with Gasteiger partial charge in [-0.25, -0.2) is 0 Å². The Balaban J connectivity index is 1.85. The summed E-state index contributed by atoms with van der Waals surface area (Å²) in [6.45, 7) is 2.51. The molecule has 5 heteroatoms. The van der Waals surface area contributed by atoms with Crippen LogP contribution in [0.3, 0.4) is 0 Å². The summed E-state index contributed by atoms with van der Waals surface area (Å²) in [5.74, 6) is 1.40. The highest BCUT2D eigenvalue weighted by atomic mass is 16.7. The van der Waals surface area contributed by atoms with Crippen molar-refractivity contribution in [3.8, 4) is 11.5 Å². The van der Waals surface area contributed by atoms with E-state index in [-0.39, 0.29) is 12.7 Å². The first-order chi connectivity index (χ1) is 8.16. The van der Waals surface area contributed by atoms with Crippen molar-refractivity contribution in [2.45, 2.75) is 19.4 Å². The molecule has 1 aliphatic rings. The lowest BCUT2D eigenvalue weighted by molar-refractivity contribution is -0.121. The van der Waals surface area contributed by atoms with E-state index in [1.807, 2.05) is 18.2 Å². The molecule has 0 unspecified atom stereocenters. The van der Waals surface area contributed by atoms with Crippen LogP contribution in [0, 0.1) is 0 Å². The van der Waals surface area contributed by atoms with Gasteiger partial charge >= 0.3 is 0 Å². The lowest BCUT2D eigenvalue weighted by Crippen LogP contribution is -2.39. The van der Waals surface area contributed by atoms with Gasteiger partial charge in [0.2, 0.25) is 12.7 Å². The Morgan fingerprint density at radius 1 is 1.47 bits per heavy atom. The van der Waals surface area contributed by atoms with Crippen LogP contribution in [0.5, 0.6) is 11.5 Å². The van der Waals surface area contributed by atoms with Gasteiger partial charge in [-0.05, 0) is 31.0 Å². The van der Waals surface area contributed by atoms with Gasteiger partial charge in [0, 0.05) is 6.54 Å². The molecule has 1 aromatic rings. The third kappa shape index (κ3) is 2.88. The Morgan fingerprint density at radius 3 is 3.00 bits per heavy atom. The average Bonchev–Trinajstić information content (AvgIpc) is 2.75. The molecular weight excluding hydrogens is 220 g/mol. The van der Waals surface area contributed by atoms with Crippen LogP contribution < -0.4 is 20.5 Å². The lowest BCUT2D eigenvalue weighted by Gasteiger charge is -2.07. The summed E-state index contributed by atoms with van der Waals surface area (Å²) in [5, 5.41) is 2.76. The molecule has 92 valence electrons. The highest BCUT2D eigenvalue weighted by Crippen LogP contribution is 2.32. The topological polar surface area (TPSA) is 73.6 Å². The molecule has 0 fully saturated rings. The van der Waals surface area contributed by atoms with Gasteiger partial charge in [-0.2, -0.15) is 0 Å². The summed E-state index contributed by atoms with van der Waals surface area (Å²) in [7, 11) is 0. The molecule has 0 bridgehead atoms. The van der Waals surface area contributed by atoms with E-state index in [0.717, 1.165) is 23.5 Å². The van der Waals surface area contributed by atoms with Crippen LogP contribution in [0.1, 0.15) is 12.5 Å². The Labute approximate surface area is 99.9 Å². The average molecular weight is 236 g/mol. The summed E-state index contributed by atoms with van der Waals surface area (Å²) >= 11 is 0. The van der Waals surface area contributed by atoms with Gasteiger partial charge in [-0.3, -0.25) is 4.79 Å². The highest BCUT2D eigenvalue weighted by Gasteiger charge is 2.13. The maximum absolute atomic E-state index is 11.2. The Kier molecular flexibility index (Phi) is 3.49. The number of amides is 1. The molecule has 1 aliphatic heterocycles. The van der Waals surface area contributed by atoms with Gasteiger partial charge in [0.1, 0.15) is 0 Å². The number of ether oxygens (including phenoxy) is 2. The Hall–Kier alpha value is -1.75. The van der Waals surface area contributed by atoms with Gasteiger partial charge in [-0.1, -0.05) is 6.07 Å². The molecule has 1 heterocycles. The van der Waals surface area contributed by atoms with Crippen molar-refractivity contribution in [3.63, 3.8) is 0 Å². The second-order valence-electron chi connectivity index (χ2n) is 4.02. The third-order valence-electron chi connectivity index (χ3n) is 2.56. The highest BCUT2D eigenvalue weighted by molar-refractivity contribution is 5.80. The number of benzene rings is 1. The Bertz CT molecular complexity index is 418. The first kappa shape index (κ1) is 11.7. The summed E-state index contributed by atoms with van der Waals surface area (Å²) < 4.78 is 10.5. The molecule has 0 aliphatic carbocycles. The van der Waals surface area contributed by atoms with Crippen LogP contribution in [0.25, 0.3) is 0 Å². The second-order valence-corrected chi connectivity index (χ2v) is 4.02. The van der Waals surface area contributed by atoms with E-state index < -0.39 is 6.04 Å². The minimum absolute atomic E-state index is 0.134. The SMILES string of the molecule is C[C@H](N)C(=O)NCCc1ccc2c(c1)OCO2. The molecule has 5 nitrogen and oxygen atoms in total. The first-order valence-corrected chi connectivity index (χ1v) is 5.58. The number of fused-ring (bicyclic) bond motifs is 1. The molecule has 3 N–H and O–H groups in total. The largest absolute Gasteiger partial charge is 0.454 e. The number of hydrogen-bond acceptors (Lipinski definition) is 4. The number of carbonyl (C=O) groups excluding carboxylic acids is 1. The van der Waals surface area contributed by atoms with Crippen molar-refractivity contribution in [1.29, 1.82) is 0 Å². The predicted octanol–water partition coefficient (Wildman–Crippen LogP) is 0.421. The van der Waals surface area contributed by atoms with Gasteiger partial charge in [0.15, 0.2) is 11.5 Å². The van der Waals surface area contributed by atoms with Crippen LogP contribution in [0.4, 0.5) is 0 Å². The maximum atomic E-state index is 11.2. The van der Waals surface area contributed by atoms with Gasteiger partial charge in [0.25, 0.3) is 0 Å². The molecule has 0 radical (unpaired) electrons. The molecule has 0 saturated carbocycles. The quantitative estimate of drug-likeness (QED) is 0.794. The molecule has 1 atom stereocenters. The standard InChI is InChI=1S/C12H16N2O3/c1-8(13)12(15)14-5-4-9-2-3-10-11(6-9)17-7-16-10/h2-3,6,8H,4-5,7,13H2,1H3,(H,14,15)/t8-/m0/s1. The lowest BCUT2D eigenvalue weighted by atomic mass is 10.1. The van der Waals surface area contributed by atoms with Crippen LogP contribution in [-0.4, -0.2) is 25.3 Å². The molecule has 0 aromatic heterocycles. The van der Waals surface area contributed by atoms with Crippen molar-refractivity contribution in [2.24, 2.45) is 5.73 Å². The van der Waals surface area contributed by atoms with E-state index >= 15 is 0 Å². The predicted molar refractivity (Wildman–Crippen MR) is 62.9 cm³/mol. The molecule has 17 heavy (non-hydrogen) atoms. The van der Waals surface area contributed by atoms with Crippen LogP contribution in [-0.2, 0) is 11.2 Å². The van der Waals surface area contributed by atoms with Gasteiger partial charge < -0.3 is 20.5 Å². The maximum Gasteiger partial charge on any atom is 0.236 e. The van der Waals surface area contributed by atoms with E-state index in [1.165, 1.54) is 0 Å². The molecule has 1 aromatic carbocycles. The first-order valence-electron chi connectivity index (χ1n) is 5.58. The fourth-order valence-corrected chi connectivity index (χ4v) is 1.59. The van der Waals surface area contributed by atoms with Gasteiger partial charge in [-0.15, -0.1) is 0 Å². The van der Waals surface area contributed by atoms with Crippen molar-refractivity contribution < 1.29 is 14.3 Å². The molecule has 0 spiro atoms. The fourth-order valence-electron chi connectivity index (χ4n) is 1.59. The van der Waals surface area contributed by atoms with E-state index in [2.05, 4.69) is 5.32 Å². The number of hydrogen-bond donors (Lipinski definition) is 2. The van der Waals surface area contributed by atoms with E-state index in [1.54, 1.807) is 6.92 Å². The second kappa shape index (κ2) is 5.05. The minimum Gasteiger partial charge on any atom is -0.454 e. The number of rotatable bonds is 4. The molecule has 1 amide bonds. The summed E-state index contributed by atoms with van der Waals surface area (Å²) in [5.41, 5.74) is 6.54. The number of nitrogens with two attached hydrogens (primary N) is 1. The number of nitrogens with one attached hydrogen (secondary N) is 1. The van der Waals surface area contributed by atoms with E-state index in [9.17, 15) is 4.79 Å². The summed E-state index contributed by atoms with van der Waals surface area (Å²) in [6, 6.07) is 5.31. The van der Waals surface area contributed by atoms with Crippen molar-refractivity contribution in [1.82, 2.24) is 5.32 Å². The van der Waals surface area contributed by atoms with E-state index in [0.29, 0.717) is 6.54 Å². The summed E-state index contributed by atoms with van der Waals surface area (Å²) in [4.78, 5) is 11.2. The van der Waals surface area contributed by atoms with Crippen LogP contribution >= 0.6 is 0 Å². The zero-order valence-corrected chi connectivity index (χ0v) is 9.73. The minimum atomic E-state index is -0.466. The number of carbonyl (C=O) groups is 1. The van der Waals surface area contributed by atoms with Crippen LogP contribution in [0.15, 0.2) is 18.2 Å². The Morgan fingerprint density at radius 2 is 2.24 bits per heavy atom. The monoisotopic (exact) mass is 236 g/mol. The zero-order chi connectivity index (χ0) is 12.3. The molecule has 2 rings (SSSR count). The molecular formula is C12H16N2O3. The normalized spacial score (nSPS) is 14.5. The fraction of sp³-hybridized carbons (Fsp3) is 0.417. The van der Waals surface area contributed by atoms with E-state index in [4.69, 9.17) is 15.2 Å². The van der Waals surface area contributed by atoms with Crippen molar-refractivity contribution >= 4 is 5.91 Å². The zero-order valence-electron chi connectivity index (χ0n) is 9.73. The van der Waals surface area contributed by atoms with Crippen molar-refractivity contribution in [2.75, 3.05) is 13.3 Å². The van der Waals surface area contributed by atoms with Crippen LogP contribution in [0.2, 0.25) is 0 Å². The summed E-state index contributed by atoms with van der Waals surface area (Å²) in [6.07, 6.45) is 0.745. The van der Waals surface area contributed by atoms with Gasteiger partial charge in [0.05, 0.1) is 6.04 Å².